The lowest BCUT2D eigenvalue weighted by Crippen LogP contribution is -2.45. The second-order valence-corrected chi connectivity index (χ2v) is 6.12. The summed E-state index contributed by atoms with van der Waals surface area (Å²) in [5.41, 5.74) is 1.71. The van der Waals surface area contributed by atoms with Gasteiger partial charge in [-0.2, -0.15) is 5.10 Å². The number of hydrogen-bond donors (Lipinski definition) is 1. The van der Waals surface area contributed by atoms with Gasteiger partial charge in [0.05, 0.1) is 6.20 Å². The molecule has 96 valence electrons. The zero-order valence-electron chi connectivity index (χ0n) is 11.5. The molecule has 1 aliphatic rings. The van der Waals surface area contributed by atoms with Crippen LogP contribution in [0.3, 0.4) is 0 Å². The van der Waals surface area contributed by atoms with E-state index in [-0.39, 0.29) is 0 Å². The zero-order valence-corrected chi connectivity index (χ0v) is 11.5. The Morgan fingerprint density at radius 3 is 2.82 bits per heavy atom. The van der Waals surface area contributed by atoms with Crippen molar-refractivity contribution in [2.45, 2.75) is 58.5 Å². The molecular weight excluding hydrogens is 210 g/mol. The molecule has 0 radical (unpaired) electrons. The third-order valence-corrected chi connectivity index (χ3v) is 4.18. The molecule has 1 aromatic rings. The van der Waals surface area contributed by atoms with Crippen LogP contribution in [-0.4, -0.2) is 15.8 Å². The van der Waals surface area contributed by atoms with E-state index in [1.807, 2.05) is 17.9 Å². The Morgan fingerprint density at radius 1 is 1.47 bits per heavy atom. The average Bonchev–Trinajstić information content (AvgIpc) is 2.68. The fraction of sp³-hybridized carbons (Fsp3) is 0.786. The minimum atomic E-state index is 0.395. The van der Waals surface area contributed by atoms with Crippen molar-refractivity contribution in [2.24, 2.45) is 12.5 Å². The van der Waals surface area contributed by atoms with Crippen LogP contribution in [0.5, 0.6) is 0 Å². The van der Waals surface area contributed by atoms with Crippen LogP contribution in [0.2, 0.25) is 0 Å². The van der Waals surface area contributed by atoms with Crippen molar-refractivity contribution >= 4 is 0 Å². The number of hydrogen-bond acceptors (Lipinski definition) is 2. The normalized spacial score (nSPS) is 25.8. The van der Waals surface area contributed by atoms with E-state index < -0.39 is 0 Å². The van der Waals surface area contributed by atoms with Gasteiger partial charge >= 0.3 is 0 Å². The summed E-state index contributed by atoms with van der Waals surface area (Å²) < 4.78 is 1.87. The van der Waals surface area contributed by atoms with Crippen molar-refractivity contribution in [1.29, 1.82) is 0 Å². The van der Waals surface area contributed by atoms with Crippen molar-refractivity contribution in [3.63, 3.8) is 0 Å². The summed E-state index contributed by atoms with van der Waals surface area (Å²) in [5, 5.41) is 8.03. The molecule has 1 saturated carbocycles. The standard InChI is InChI=1S/C14H25N3/c1-11(12-9-15-17(4)10-12)16-13-7-5-6-8-14(13,2)3/h9-11,13,16H,5-8H2,1-4H3. The second-order valence-electron chi connectivity index (χ2n) is 6.12. The third-order valence-electron chi connectivity index (χ3n) is 4.18. The number of rotatable bonds is 3. The number of aryl methyl sites for hydroxylation is 1. The number of nitrogens with one attached hydrogen (secondary N) is 1. The van der Waals surface area contributed by atoms with Gasteiger partial charge in [-0.3, -0.25) is 4.68 Å². The molecule has 0 aromatic carbocycles. The molecule has 1 fully saturated rings. The number of aromatic nitrogens is 2. The Morgan fingerprint density at radius 2 is 2.24 bits per heavy atom. The summed E-state index contributed by atoms with van der Waals surface area (Å²) in [6, 6.07) is 1.03. The highest BCUT2D eigenvalue weighted by molar-refractivity contribution is 5.10. The van der Waals surface area contributed by atoms with Crippen LogP contribution in [-0.2, 0) is 7.05 Å². The van der Waals surface area contributed by atoms with Crippen molar-refractivity contribution in [2.75, 3.05) is 0 Å². The average molecular weight is 235 g/mol. The molecule has 2 unspecified atom stereocenters. The molecular formula is C14H25N3. The van der Waals surface area contributed by atoms with Gasteiger partial charge in [-0.15, -0.1) is 0 Å². The first kappa shape index (κ1) is 12.6. The first-order chi connectivity index (χ1) is 7.99. The Balaban J connectivity index is 2.00. The Labute approximate surface area is 105 Å². The molecule has 1 heterocycles. The summed E-state index contributed by atoms with van der Waals surface area (Å²) in [4.78, 5) is 0. The molecule has 1 aliphatic carbocycles. The van der Waals surface area contributed by atoms with Gasteiger partial charge in [0.2, 0.25) is 0 Å². The predicted molar refractivity (Wildman–Crippen MR) is 70.8 cm³/mol. The molecule has 1 aromatic heterocycles. The SMILES string of the molecule is CC(NC1CCCCC1(C)C)c1cnn(C)c1. The van der Waals surface area contributed by atoms with Gasteiger partial charge in [0.15, 0.2) is 0 Å². The van der Waals surface area contributed by atoms with Crippen LogP contribution in [0.4, 0.5) is 0 Å². The maximum Gasteiger partial charge on any atom is 0.0537 e. The van der Waals surface area contributed by atoms with Crippen LogP contribution in [0.25, 0.3) is 0 Å². The number of nitrogens with zero attached hydrogens (tertiary/aromatic N) is 2. The van der Waals surface area contributed by atoms with E-state index in [1.54, 1.807) is 0 Å². The maximum atomic E-state index is 4.24. The quantitative estimate of drug-likeness (QED) is 0.872. The second kappa shape index (κ2) is 4.81. The predicted octanol–water partition coefficient (Wildman–Crippen LogP) is 3.04. The highest BCUT2D eigenvalue weighted by Gasteiger charge is 2.32. The summed E-state index contributed by atoms with van der Waals surface area (Å²) >= 11 is 0. The molecule has 2 rings (SSSR count). The van der Waals surface area contributed by atoms with Gasteiger partial charge in [0, 0.05) is 30.9 Å². The largest absolute Gasteiger partial charge is 0.307 e. The van der Waals surface area contributed by atoms with E-state index in [9.17, 15) is 0 Å². The fourth-order valence-electron chi connectivity index (χ4n) is 2.86. The van der Waals surface area contributed by atoms with Crippen LogP contribution in [0.1, 0.15) is 58.1 Å². The lowest BCUT2D eigenvalue weighted by Gasteiger charge is -2.40. The van der Waals surface area contributed by atoms with E-state index >= 15 is 0 Å². The van der Waals surface area contributed by atoms with Crippen LogP contribution in [0, 0.1) is 5.41 Å². The fourth-order valence-corrected chi connectivity index (χ4v) is 2.86. The van der Waals surface area contributed by atoms with Gasteiger partial charge in [0.1, 0.15) is 0 Å². The summed E-state index contributed by atoms with van der Waals surface area (Å²) in [7, 11) is 1.97. The molecule has 0 bridgehead atoms. The highest BCUT2D eigenvalue weighted by Crippen LogP contribution is 2.36. The topological polar surface area (TPSA) is 29.9 Å². The van der Waals surface area contributed by atoms with Gasteiger partial charge < -0.3 is 5.32 Å². The summed E-state index contributed by atoms with van der Waals surface area (Å²) in [5.74, 6) is 0. The van der Waals surface area contributed by atoms with E-state index in [0.29, 0.717) is 17.5 Å². The van der Waals surface area contributed by atoms with Gasteiger partial charge in [-0.05, 0) is 25.2 Å². The monoisotopic (exact) mass is 235 g/mol. The van der Waals surface area contributed by atoms with E-state index in [2.05, 4.69) is 37.4 Å². The molecule has 0 saturated heterocycles. The summed E-state index contributed by atoms with van der Waals surface area (Å²) in [6.07, 6.45) is 9.45. The van der Waals surface area contributed by atoms with Crippen molar-refractivity contribution in [3.05, 3.63) is 18.0 Å². The zero-order chi connectivity index (χ0) is 12.5. The van der Waals surface area contributed by atoms with E-state index in [4.69, 9.17) is 0 Å². The molecule has 1 N–H and O–H groups in total. The lowest BCUT2D eigenvalue weighted by molar-refractivity contribution is 0.157. The molecule has 0 spiro atoms. The molecule has 3 heteroatoms. The molecule has 17 heavy (non-hydrogen) atoms. The molecule has 2 atom stereocenters. The lowest BCUT2D eigenvalue weighted by atomic mass is 9.73. The Bertz CT molecular complexity index is 367. The first-order valence-corrected chi connectivity index (χ1v) is 6.73. The van der Waals surface area contributed by atoms with Crippen LogP contribution < -0.4 is 5.32 Å². The maximum absolute atomic E-state index is 4.24. The smallest absolute Gasteiger partial charge is 0.0537 e. The molecule has 0 aliphatic heterocycles. The van der Waals surface area contributed by atoms with Gasteiger partial charge in [-0.1, -0.05) is 26.7 Å². The molecule has 0 amide bonds. The summed E-state index contributed by atoms with van der Waals surface area (Å²) in [6.45, 7) is 7.02. The minimum Gasteiger partial charge on any atom is -0.307 e. The molecule has 3 nitrogen and oxygen atoms in total. The van der Waals surface area contributed by atoms with E-state index in [1.165, 1.54) is 31.2 Å². The Hall–Kier alpha value is -0.830. The minimum absolute atomic E-state index is 0.395. The first-order valence-electron chi connectivity index (χ1n) is 6.73. The van der Waals surface area contributed by atoms with Crippen LogP contribution in [0.15, 0.2) is 12.4 Å². The van der Waals surface area contributed by atoms with Gasteiger partial charge in [0.25, 0.3) is 0 Å². The van der Waals surface area contributed by atoms with Crippen LogP contribution >= 0.6 is 0 Å². The van der Waals surface area contributed by atoms with Crippen molar-refractivity contribution in [1.82, 2.24) is 15.1 Å². The highest BCUT2D eigenvalue weighted by atomic mass is 15.2. The van der Waals surface area contributed by atoms with Crippen molar-refractivity contribution in [3.8, 4) is 0 Å². The third kappa shape index (κ3) is 2.89. The van der Waals surface area contributed by atoms with E-state index in [0.717, 1.165) is 0 Å². The van der Waals surface area contributed by atoms with Gasteiger partial charge in [-0.25, -0.2) is 0 Å². The Kier molecular flexibility index (Phi) is 3.57. The van der Waals surface area contributed by atoms with Crippen molar-refractivity contribution < 1.29 is 0 Å².